The molecular weight excluding hydrogens is 224 g/mol. The second kappa shape index (κ2) is 5.56. The van der Waals surface area contributed by atoms with Gasteiger partial charge in [-0.05, 0) is 43.5 Å². The van der Waals surface area contributed by atoms with Gasteiger partial charge in [0.05, 0.1) is 13.2 Å². The largest absolute Gasteiger partial charge is 0.378 e. The summed E-state index contributed by atoms with van der Waals surface area (Å²) in [5.41, 5.74) is 0.435. The molecule has 1 fully saturated rings. The van der Waals surface area contributed by atoms with Crippen molar-refractivity contribution in [1.29, 1.82) is 0 Å². The minimum atomic E-state index is -0.386. The van der Waals surface area contributed by atoms with Crippen molar-refractivity contribution in [1.82, 2.24) is 5.32 Å². The van der Waals surface area contributed by atoms with Gasteiger partial charge in [-0.15, -0.1) is 0 Å². The third kappa shape index (κ3) is 3.48. The molecule has 0 radical (unpaired) electrons. The van der Waals surface area contributed by atoms with Crippen LogP contribution in [0.4, 0.5) is 8.78 Å². The molecule has 1 aliphatic heterocycles. The number of nitrogens with one attached hydrogen (secondary N) is 1. The van der Waals surface area contributed by atoms with E-state index in [0.717, 1.165) is 12.5 Å². The molecule has 0 spiro atoms. The summed E-state index contributed by atoms with van der Waals surface area (Å²) in [4.78, 5) is 0. The highest BCUT2D eigenvalue weighted by Gasteiger charge is 2.18. The molecule has 2 unspecified atom stereocenters. The summed E-state index contributed by atoms with van der Waals surface area (Å²) in [5, 5.41) is 3.38. The second-order valence-corrected chi connectivity index (χ2v) is 4.58. The summed E-state index contributed by atoms with van der Waals surface area (Å²) in [5.74, 6) is -0.723. The molecule has 0 amide bonds. The van der Waals surface area contributed by atoms with Crippen molar-refractivity contribution in [2.75, 3.05) is 13.2 Å². The summed E-state index contributed by atoms with van der Waals surface area (Å²) >= 11 is 0. The van der Waals surface area contributed by atoms with Crippen LogP contribution in [-0.4, -0.2) is 25.3 Å². The van der Waals surface area contributed by atoms with Gasteiger partial charge in [-0.25, -0.2) is 8.78 Å². The van der Waals surface area contributed by atoms with Crippen molar-refractivity contribution < 1.29 is 13.5 Å². The molecule has 1 aliphatic rings. The molecule has 94 valence electrons. The predicted molar refractivity (Wildman–Crippen MR) is 61.9 cm³/mol. The Bertz CT molecular complexity index is 384. The Kier molecular flexibility index (Phi) is 4.07. The van der Waals surface area contributed by atoms with Gasteiger partial charge >= 0.3 is 0 Å². The van der Waals surface area contributed by atoms with E-state index < -0.39 is 0 Å². The van der Waals surface area contributed by atoms with E-state index in [2.05, 4.69) is 12.2 Å². The first-order valence-electron chi connectivity index (χ1n) is 5.93. The van der Waals surface area contributed by atoms with Gasteiger partial charge < -0.3 is 10.1 Å². The molecule has 0 aromatic heterocycles. The van der Waals surface area contributed by atoms with Crippen LogP contribution in [0.15, 0.2) is 18.2 Å². The molecule has 4 heteroatoms. The quantitative estimate of drug-likeness (QED) is 0.876. The zero-order chi connectivity index (χ0) is 12.3. The molecule has 1 aromatic carbocycles. The van der Waals surface area contributed by atoms with Crippen molar-refractivity contribution in [3.63, 3.8) is 0 Å². The number of rotatable bonds is 3. The van der Waals surface area contributed by atoms with E-state index in [1.807, 2.05) is 0 Å². The standard InChI is InChI=1S/C13H17F2NO/c1-9-7-17-8-12(16-9)4-2-10-6-11(14)3-5-13(10)15/h3,5-6,9,12,16H,2,4,7-8H2,1H3. The molecule has 2 rings (SSSR count). The van der Waals surface area contributed by atoms with Crippen LogP contribution in [0.3, 0.4) is 0 Å². The van der Waals surface area contributed by atoms with Gasteiger partial charge in [0, 0.05) is 12.1 Å². The number of benzene rings is 1. The first kappa shape index (κ1) is 12.5. The highest BCUT2D eigenvalue weighted by atomic mass is 19.1. The topological polar surface area (TPSA) is 21.3 Å². The second-order valence-electron chi connectivity index (χ2n) is 4.58. The third-order valence-electron chi connectivity index (χ3n) is 2.98. The molecule has 1 N–H and O–H groups in total. The van der Waals surface area contributed by atoms with Crippen LogP contribution in [0.5, 0.6) is 0 Å². The molecular formula is C13H17F2NO. The molecule has 1 aromatic rings. The number of morpholine rings is 1. The number of aryl methyl sites for hydroxylation is 1. The van der Waals surface area contributed by atoms with Crippen molar-refractivity contribution in [3.05, 3.63) is 35.4 Å². The Labute approximate surface area is 100.0 Å². The predicted octanol–water partition coefficient (Wildman–Crippen LogP) is 2.27. The lowest BCUT2D eigenvalue weighted by atomic mass is 10.0. The van der Waals surface area contributed by atoms with Crippen LogP contribution in [0, 0.1) is 11.6 Å². The van der Waals surface area contributed by atoms with E-state index in [4.69, 9.17) is 4.74 Å². The Morgan fingerprint density at radius 2 is 2.18 bits per heavy atom. The van der Waals surface area contributed by atoms with Gasteiger partial charge in [0.1, 0.15) is 11.6 Å². The molecule has 0 saturated carbocycles. The van der Waals surface area contributed by atoms with Gasteiger partial charge in [0.2, 0.25) is 0 Å². The van der Waals surface area contributed by atoms with Gasteiger partial charge in [-0.1, -0.05) is 0 Å². The lowest BCUT2D eigenvalue weighted by Gasteiger charge is -2.29. The summed E-state index contributed by atoms with van der Waals surface area (Å²) in [6.45, 7) is 3.40. The van der Waals surface area contributed by atoms with Gasteiger partial charge in [-0.2, -0.15) is 0 Å². The SMILES string of the molecule is CC1COCC(CCc2cc(F)ccc2F)N1. The maximum Gasteiger partial charge on any atom is 0.126 e. The smallest absolute Gasteiger partial charge is 0.126 e. The monoisotopic (exact) mass is 241 g/mol. The van der Waals surface area contributed by atoms with Crippen molar-refractivity contribution in [2.24, 2.45) is 0 Å². The van der Waals surface area contributed by atoms with Crippen LogP contribution in [0.2, 0.25) is 0 Å². The van der Waals surface area contributed by atoms with Crippen LogP contribution >= 0.6 is 0 Å². The zero-order valence-electron chi connectivity index (χ0n) is 9.88. The Morgan fingerprint density at radius 3 is 2.94 bits per heavy atom. The Balaban J connectivity index is 1.90. The van der Waals surface area contributed by atoms with E-state index in [0.29, 0.717) is 31.2 Å². The van der Waals surface area contributed by atoms with Gasteiger partial charge in [0.15, 0.2) is 0 Å². The van der Waals surface area contributed by atoms with E-state index in [1.165, 1.54) is 12.1 Å². The highest BCUT2D eigenvalue weighted by Crippen LogP contribution is 2.14. The normalized spacial score (nSPS) is 24.9. The van der Waals surface area contributed by atoms with Crippen LogP contribution in [0.25, 0.3) is 0 Å². The number of ether oxygens (including phenoxy) is 1. The maximum atomic E-state index is 13.4. The minimum Gasteiger partial charge on any atom is -0.378 e. The van der Waals surface area contributed by atoms with E-state index in [1.54, 1.807) is 0 Å². The van der Waals surface area contributed by atoms with Crippen molar-refractivity contribution in [2.45, 2.75) is 31.8 Å². The first-order chi connectivity index (χ1) is 8.15. The zero-order valence-corrected chi connectivity index (χ0v) is 9.88. The third-order valence-corrected chi connectivity index (χ3v) is 2.98. The summed E-state index contributed by atoms with van der Waals surface area (Å²) < 4.78 is 31.8. The molecule has 1 heterocycles. The van der Waals surface area contributed by atoms with Gasteiger partial charge in [0.25, 0.3) is 0 Å². The summed E-state index contributed by atoms with van der Waals surface area (Å²) in [7, 11) is 0. The molecule has 2 nitrogen and oxygen atoms in total. The molecule has 2 atom stereocenters. The lowest BCUT2D eigenvalue weighted by Crippen LogP contribution is -2.47. The molecule has 17 heavy (non-hydrogen) atoms. The number of hydrogen-bond donors (Lipinski definition) is 1. The van der Waals surface area contributed by atoms with Gasteiger partial charge in [-0.3, -0.25) is 0 Å². The van der Waals surface area contributed by atoms with E-state index >= 15 is 0 Å². The van der Waals surface area contributed by atoms with Crippen LogP contribution < -0.4 is 5.32 Å². The lowest BCUT2D eigenvalue weighted by molar-refractivity contribution is 0.0482. The van der Waals surface area contributed by atoms with Crippen LogP contribution in [-0.2, 0) is 11.2 Å². The average Bonchev–Trinajstić information content (AvgIpc) is 2.30. The highest BCUT2D eigenvalue weighted by molar-refractivity contribution is 5.18. The summed E-state index contributed by atoms with van der Waals surface area (Å²) in [6.07, 6.45) is 1.28. The molecule has 0 aliphatic carbocycles. The average molecular weight is 241 g/mol. The van der Waals surface area contributed by atoms with E-state index in [-0.39, 0.29) is 17.7 Å². The fourth-order valence-electron chi connectivity index (χ4n) is 2.12. The first-order valence-corrected chi connectivity index (χ1v) is 5.93. The fourth-order valence-corrected chi connectivity index (χ4v) is 2.12. The minimum absolute atomic E-state index is 0.224. The van der Waals surface area contributed by atoms with Crippen molar-refractivity contribution in [3.8, 4) is 0 Å². The Morgan fingerprint density at radius 1 is 1.35 bits per heavy atom. The molecule has 0 bridgehead atoms. The Hall–Kier alpha value is -1.00. The maximum absolute atomic E-state index is 13.4. The molecule has 1 saturated heterocycles. The summed E-state index contributed by atoms with van der Waals surface area (Å²) in [6, 6.07) is 4.14. The number of hydrogen-bond acceptors (Lipinski definition) is 2. The van der Waals surface area contributed by atoms with E-state index in [9.17, 15) is 8.78 Å². The van der Waals surface area contributed by atoms with Crippen molar-refractivity contribution >= 4 is 0 Å². The van der Waals surface area contributed by atoms with Crippen LogP contribution in [0.1, 0.15) is 18.9 Å². The number of halogens is 2. The fraction of sp³-hybridized carbons (Fsp3) is 0.538.